The molecule has 2 rings (SSSR count). The van der Waals surface area contributed by atoms with Crippen molar-refractivity contribution in [2.45, 2.75) is 13.5 Å². The lowest BCUT2D eigenvalue weighted by Crippen LogP contribution is -2.30. The summed E-state index contributed by atoms with van der Waals surface area (Å²) < 4.78 is 1.48. The van der Waals surface area contributed by atoms with Crippen molar-refractivity contribution >= 4 is 17.5 Å². The summed E-state index contributed by atoms with van der Waals surface area (Å²) in [5, 5.41) is 0.618. The van der Waals surface area contributed by atoms with Gasteiger partial charge in [0.1, 0.15) is 5.82 Å². The molecule has 108 valence electrons. The average molecular weight is 304 g/mol. The highest BCUT2D eigenvalue weighted by atomic mass is 35.5. The lowest BCUT2D eigenvalue weighted by molar-refractivity contribution is 0.683. The molecular formula is C14H14ClN5O. The van der Waals surface area contributed by atoms with Crippen LogP contribution in [0.5, 0.6) is 0 Å². The first kappa shape index (κ1) is 15.0. The largest absolute Gasteiger partial charge is 0.352 e. The molecule has 0 unspecified atom stereocenters. The van der Waals surface area contributed by atoms with E-state index in [1.54, 1.807) is 24.3 Å². The van der Waals surface area contributed by atoms with E-state index in [2.05, 4.69) is 26.7 Å². The first-order chi connectivity index (χ1) is 10.2. The molecule has 6 nitrogen and oxygen atoms in total. The van der Waals surface area contributed by atoms with Gasteiger partial charge in [0.15, 0.2) is 0 Å². The number of halogens is 1. The van der Waals surface area contributed by atoms with Crippen LogP contribution in [0.3, 0.4) is 0 Å². The van der Waals surface area contributed by atoms with E-state index in [1.807, 2.05) is 6.92 Å². The number of hydrazine groups is 1. The lowest BCUT2D eigenvalue weighted by atomic mass is 10.2. The van der Waals surface area contributed by atoms with Gasteiger partial charge < -0.3 is 0 Å². The zero-order chi connectivity index (χ0) is 15.2. The van der Waals surface area contributed by atoms with Crippen molar-refractivity contribution in [3.05, 3.63) is 39.8 Å². The molecule has 7 heteroatoms. The van der Waals surface area contributed by atoms with Crippen LogP contribution >= 0.6 is 11.6 Å². The summed E-state index contributed by atoms with van der Waals surface area (Å²) >= 11 is 5.88. The summed E-state index contributed by atoms with van der Waals surface area (Å²) in [5.74, 6) is 3.08. The third-order valence-corrected chi connectivity index (χ3v) is 2.96. The average Bonchev–Trinajstić information content (AvgIpc) is 2.48. The molecule has 1 aromatic carbocycles. The molecule has 0 aliphatic carbocycles. The molecule has 0 saturated heterocycles. The van der Waals surface area contributed by atoms with Gasteiger partial charge >= 0.3 is 5.69 Å². The Labute approximate surface area is 127 Å². The number of terminal acetylenes is 1. The molecule has 0 radical (unpaired) electrons. The molecule has 2 aromatic rings. The molecule has 21 heavy (non-hydrogen) atoms. The van der Waals surface area contributed by atoms with Crippen LogP contribution in [0.4, 0.5) is 5.95 Å². The van der Waals surface area contributed by atoms with E-state index in [9.17, 15) is 4.79 Å². The van der Waals surface area contributed by atoms with Crippen LogP contribution in [0.25, 0.3) is 11.4 Å². The van der Waals surface area contributed by atoms with E-state index >= 15 is 0 Å². The maximum atomic E-state index is 12.0. The van der Waals surface area contributed by atoms with Gasteiger partial charge in [-0.1, -0.05) is 17.5 Å². The molecule has 0 saturated carbocycles. The normalized spacial score (nSPS) is 10.1. The highest BCUT2D eigenvalue weighted by Gasteiger charge is 2.10. The molecular weight excluding hydrogens is 290 g/mol. The van der Waals surface area contributed by atoms with Crippen LogP contribution in [-0.2, 0) is 6.54 Å². The van der Waals surface area contributed by atoms with Crippen LogP contribution < -0.4 is 16.5 Å². The van der Waals surface area contributed by atoms with Crippen molar-refractivity contribution in [2.75, 3.05) is 12.0 Å². The number of aromatic nitrogens is 3. The van der Waals surface area contributed by atoms with E-state index in [0.29, 0.717) is 17.4 Å². The van der Waals surface area contributed by atoms with Gasteiger partial charge in [-0.3, -0.25) is 9.99 Å². The summed E-state index contributed by atoms with van der Waals surface area (Å²) in [6.45, 7) is 2.61. The predicted molar refractivity (Wildman–Crippen MR) is 82.9 cm³/mol. The standard InChI is InChI=1S/C14H14ClN5O/c1-3-9-16-19-13-17-12(20(4-2)14(21)18-13)10-5-7-11(15)8-6-10/h1,5-8,16H,4,9H2,2H3,(H,18,19,21). The first-order valence-electron chi connectivity index (χ1n) is 6.33. The Balaban J connectivity index is 2.44. The van der Waals surface area contributed by atoms with E-state index < -0.39 is 0 Å². The van der Waals surface area contributed by atoms with Gasteiger partial charge in [0.25, 0.3) is 0 Å². The molecule has 2 N–H and O–H groups in total. The van der Waals surface area contributed by atoms with Crippen molar-refractivity contribution in [2.24, 2.45) is 0 Å². The van der Waals surface area contributed by atoms with Crippen molar-refractivity contribution < 1.29 is 0 Å². The highest BCUT2D eigenvalue weighted by Crippen LogP contribution is 2.19. The van der Waals surface area contributed by atoms with E-state index in [4.69, 9.17) is 18.0 Å². The minimum atomic E-state index is -0.387. The number of nitrogens with zero attached hydrogens (tertiary/aromatic N) is 3. The summed E-state index contributed by atoms with van der Waals surface area (Å²) in [7, 11) is 0. The van der Waals surface area contributed by atoms with Crippen LogP contribution in [0.15, 0.2) is 29.1 Å². The quantitative estimate of drug-likeness (QED) is 0.498. The molecule has 1 heterocycles. The monoisotopic (exact) mass is 303 g/mol. The van der Waals surface area contributed by atoms with Gasteiger partial charge in [0.2, 0.25) is 5.95 Å². The zero-order valence-electron chi connectivity index (χ0n) is 11.4. The number of rotatable bonds is 5. The lowest BCUT2D eigenvalue weighted by Gasteiger charge is -2.11. The number of hydrogen-bond donors (Lipinski definition) is 2. The molecule has 1 aromatic heterocycles. The molecule has 0 atom stereocenters. The van der Waals surface area contributed by atoms with Gasteiger partial charge in [-0.25, -0.2) is 10.2 Å². The Bertz CT molecular complexity index is 718. The summed E-state index contributed by atoms with van der Waals surface area (Å²) in [5.41, 5.74) is 5.82. The Morgan fingerprint density at radius 1 is 1.33 bits per heavy atom. The summed E-state index contributed by atoms with van der Waals surface area (Å²) in [6.07, 6.45) is 5.13. The van der Waals surface area contributed by atoms with Crippen LogP contribution in [0.1, 0.15) is 6.92 Å². The second-order valence-corrected chi connectivity index (χ2v) is 4.52. The highest BCUT2D eigenvalue weighted by molar-refractivity contribution is 6.30. The van der Waals surface area contributed by atoms with Crippen LogP contribution in [0, 0.1) is 12.3 Å². The van der Waals surface area contributed by atoms with Crippen molar-refractivity contribution in [1.29, 1.82) is 0 Å². The number of benzene rings is 1. The van der Waals surface area contributed by atoms with Gasteiger partial charge in [-0.05, 0) is 31.2 Å². The first-order valence-corrected chi connectivity index (χ1v) is 6.70. The van der Waals surface area contributed by atoms with Crippen molar-refractivity contribution in [1.82, 2.24) is 20.0 Å². The van der Waals surface area contributed by atoms with Gasteiger partial charge in [0, 0.05) is 17.1 Å². The van der Waals surface area contributed by atoms with Crippen LogP contribution in [-0.4, -0.2) is 21.1 Å². The number of nitrogens with one attached hydrogen (secondary N) is 2. The molecule has 0 fully saturated rings. The number of hydrogen-bond acceptors (Lipinski definition) is 5. The van der Waals surface area contributed by atoms with E-state index in [1.165, 1.54) is 4.57 Å². The fourth-order valence-corrected chi connectivity index (χ4v) is 1.89. The summed E-state index contributed by atoms with van der Waals surface area (Å²) in [4.78, 5) is 20.2. The molecule has 0 aliphatic heterocycles. The fourth-order valence-electron chi connectivity index (χ4n) is 1.76. The van der Waals surface area contributed by atoms with Crippen LogP contribution in [0.2, 0.25) is 5.02 Å². The molecule has 0 aliphatic rings. The Morgan fingerprint density at radius 2 is 2.05 bits per heavy atom. The fraction of sp³-hybridized carbons (Fsp3) is 0.214. The van der Waals surface area contributed by atoms with E-state index in [-0.39, 0.29) is 18.2 Å². The molecule has 0 bridgehead atoms. The maximum Gasteiger partial charge on any atom is 0.352 e. The Hall–Kier alpha value is -2.36. The van der Waals surface area contributed by atoms with Gasteiger partial charge in [-0.2, -0.15) is 9.97 Å². The SMILES string of the molecule is C#CCNNc1nc(-c2ccc(Cl)cc2)n(CC)c(=O)n1. The minimum absolute atomic E-state index is 0.171. The smallest absolute Gasteiger partial charge is 0.289 e. The molecule has 0 spiro atoms. The molecule has 0 amide bonds. The number of anilines is 1. The minimum Gasteiger partial charge on any atom is -0.289 e. The third kappa shape index (κ3) is 3.60. The van der Waals surface area contributed by atoms with Crippen molar-refractivity contribution in [3.63, 3.8) is 0 Å². The second kappa shape index (κ2) is 6.88. The van der Waals surface area contributed by atoms with Gasteiger partial charge in [0.05, 0.1) is 6.54 Å². The van der Waals surface area contributed by atoms with Gasteiger partial charge in [-0.15, -0.1) is 6.42 Å². The van der Waals surface area contributed by atoms with Crippen molar-refractivity contribution in [3.8, 4) is 23.7 Å². The van der Waals surface area contributed by atoms with E-state index in [0.717, 1.165) is 5.56 Å². The predicted octanol–water partition coefficient (Wildman–Crippen LogP) is 1.53. The maximum absolute atomic E-state index is 12.0. The third-order valence-electron chi connectivity index (χ3n) is 2.71. The second-order valence-electron chi connectivity index (χ2n) is 4.09. The zero-order valence-corrected chi connectivity index (χ0v) is 12.2. The topological polar surface area (TPSA) is 71.8 Å². The summed E-state index contributed by atoms with van der Waals surface area (Å²) in [6, 6.07) is 7.09. The Morgan fingerprint density at radius 3 is 2.67 bits per heavy atom. The Kier molecular flexibility index (Phi) is 4.93.